The second kappa shape index (κ2) is 6.80. The highest BCUT2D eigenvalue weighted by atomic mass is 16.5. The molecule has 0 spiro atoms. The zero-order chi connectivity index (χ0) is 17.0. The van der Waals surface area contributed by atoms with Crippen molar-refractivity contribution in [3.05, 3.63) is 22.5 Å². The molecule has 0 aliphatic heterocycles. The third-order valence-corrected chi connectivity index (χ3v) is 3.22. The second-order valence-corrected chi connectivity index (χ2v) is 4.97. The molecule has 0 fully saturated rings. The van der Waals surface area contributed by atoms with Crippen LogP contribution < -0.4 is 0 Å². The Kier molecular flexibility index (Phi) is 5.35. The average Bonchev–Trinajstić information content (AvgIpc) is 2.71. The Bertz CT molecular complexity index is 694. The van der Waals surface area contributed by atoms with E-state index in [1.165, 1.54) is 13.8 Å². The van der Waals surface area contributed by atoms with Gasteiger partial charge >= 0.3 is 5.97 Å². The molecule has 0 aliphatic rings. The van der Waals surface area contributed by atoms with Crippen molar-refractivity contribution in [2.75, 3.05) is 6.61 Å². The monoisotopic (exact) mass is 303 g/mol. The van der Waals surface area contributed by atoms with Crippen molar-refractivity contribution in [3.8, 4) is 6.07 Å². The number of Topliss-reactive ketones (excluding diaryl/α,β-unsaturated/α-hetero) is 2. The number of rotatable bonds is 6. The van der Waals surface area contributed by atoms with Crippen LogP contribution in [0.4, 0.5) is 0 Å². The fourth-order valence-electron chi connectivity index (χ4n) is 2.18. The number of ketones is 2. The second-order valence-electron chi connectivity index (χ2n) is 4.97. The molecule has 0 bridgehead atoms. The third kappa shape index (κ3) is 3.47. The van der Waals surface area contributed by atoms with E-state index in [-0.39, 0.29) is 17.2 Å². The lowest BCUT2D eigenvalue weighted by Crippen LogP contribution is -2.25. The van der Waals surface area contributed by atoms with Gasteiger partial charge in [-0.1, -0.05) is 0 Å². The maximum Gasteiger partial charge on any atom is 0.355 e. The summed E-state index contributed by atoms with van der Waals surface area (Å²) in [5.74, 6) is -2.82. The van der Waals surface area contributed by atoms with E-state index < -0.39 is 24.3 Å². The van der Waals surface area contributed by atoms with E-state index in [2.05, 4.69) is 4.98 Å². The molecule has 0 amide bonds. The van der Waals surface area contributed by atoms with Crippen LogP contribution in [0.1, 0.15) is 46.0 Å². The van der Waals surface area contributed by atoms with E-state index in [9.17, 15) is 14.4 Å². The Morgan fingerprint density at radius 2 is 1.91 bits per heavy atom. The minimum absolute atomic E-state index is 0.102. The summed E-state index contributed by atoms with van der Waals surface area (Å²) in [6.07, 6.45) is 0. The lowest BCUT2D eigenvalue weighted by Gasteiger charge is -2.07. The number of nitrogens with one attached hydrogen (secondary N) is 2. The molecule has 0 aliphatic carbocycles. The van der Waals surface area contributed by atoms with Crippen molar-refractivity contribution in [1.29, 1.82) is 10.7 Å². The Hall–Kier alpha value is -2.75. The molecule has 0 aromatic carbocycles. The van der Waals surface area contributed by atoms with Crippen molar-refractivity contribution < 1.29 is 19.1 Å². The third-order valence-electron chi connectivity index (χ3n) is 3.22. The number of hydrogen-bond acceptors (Lipinski definition) is 6. The number of aryl methyl sites for hydroxylation is 1. The van der Waals surface area contributed by atoms with Gasteiger partial charge in [-0.15, -0.1) is 0 Å². The fraction of sp³-hybridized carbons (Fsp3) is 0.400. The molecule has 7 nitrogen and oxygen atoms in total. The quantitative estimate of drug-likeness (QED) is 0.470. The summed E-state index contributed by atoms with van der Waals surface area (Å²) in [7, 11) is 0. The van der Waals surface area contributed by atoms with E-state index in [1.807, 2.05) is 0 Å². The highest BCUT2D eigenvalue weighted by Gasteiger charge is 2.24. The minimum Gasteiger partial charge on any atom is -0.453 e. The summed E-state index contributed by atoms with van der Waals surface area (Å²) in [4.78, 5) is 38.0. The van der Waals surface area contributed by atoms with Gasteiger partial charge in [0.1, 0.15) is 11.6 Å². The minimum atomic E-state index is -1.22. The Labute approximate surface area is 127 Å². The maximum atomic E-state index is 12.0. The molecular formula is C15H17N3O4. The molecule has 22 heavy (non-hydrogen) atoms. The zero-order valence-electron chi connectivity index (χ0n) is 12.9. The predicted molar refractivity (Wildman–Crippen MR) is 78.1 cm³/mol. The van der Waals surface area contributed by atoms with Crippen LogP contribution in [-0.4, -0.2) is 34.8 Å². The Balaban J connectivity index is 2.86. The van der Waals surface area contributed by atoms with Gasteiger partial charge < -0.3 is 15.1 Å². The van der Waals surface area contributed by atoms with E-state index >= 15 is 0 Å². The molecule has 0 saturated heterocycles. The lowest BCUT2D eigenvalue weighted by atomic mass is 10.0. The van der Waals surface area contributed by atoms with Crippen LogP contribution in [0.2, 0.25) is 0 Å². The molecule has 1 heterocycles. The highest BCUT2D eigenvalue weighted by Crippen LogP contribution is 2.19. The summed E-state index contributed by atoms with van der Waals surface area (Å²) in [5.41, 5.74) is 1.43. The number of nitrogens with zero attached hydrogens (tertiary/aromatic N) is 1. The summed E-state index contributed by atoms with van der Waals surface area (Å²) in [5, 5.41) is 16.1. The first-order chi connectivity index (χ1) is 10.2. The summed E-state index contributed by atoms with van der Waals surface area (Å²) >= 11 is 0. The maximum absolute atomic E-state index is 12.0. The van der Waals surface area contributed by atoms with Crippen molar-refractivity contribution in [1.82, 2.24) is 4.98 Å². The topological polar surface area (TPSA) is 124 Å². The molecule has 1 aromatic heterocycles. The number of carbonyl (C=O) groups is 3. The summed E-state index contributed by atoms with van der Waals surface area (Å²) < 4.78 is 4.87. The van der Waals surface area contributed by atoms with Crippen molar-refractivity contribution in [3.63, 3.8) is 0 Å². The summed E-state index contributed by atoms with van der Waals surface area (Å²) in [6.45, 7) is 5.41. The van der Waals surface area contributed by atoms with Gasteiger partial charge in [-0.3, -0.25) is 9.59 Å². The van der Waals surface area contributed by atoms with Gasteiger partial charge in [0, 0.05) is 17.0 Å². The Morgan fingerprint density at radius 3 is 2.32 bits per heavy atom. The van der Waals surface area contributed by atoms with Crippen LogP contribution in [0.25, 0.3) is 0 Å². The van der Waals surface area contributed by atoms with Gasteiger partial charge in [0.15, 0.2) is 18.2 Å². The number of aromatic amines is 1. The molecule has 116 valence electrons. The van der Waals surface area contributed by atoms with E-state index in [4.69, 9.17) is 15.4 Å². The first kappa shape index (κ1) is 17.3. The first-order valence-corrected chi connectivity index (χ1v) is 6.55. The summed E-state index contributed by atoms with van der Waals surface area (Å²) in [6, 6.07) is 1.69. The highest BCUT2D eigenvalue weighted by molar-refractivity contribution is 6.06. The van der Waals surface area contributed by atoms with Gasteiger partial charge in [0.2, 0.25) is 0 Å². The van der Waals surface area contributed by atoms with Crippen molar-refractivity contribution in [2.45, 2.75) is 27.7 Å². The number of esters is 1. The predicted octanol–water partition coefficient (Wildman–Crippen LogP) is 1.74. The number of ether oxygens (including phenoxy) is 1. The number of nitriles is 1. The molecular weight excluding hydrogens is 286 g/mol. The molecule has 0 radical (unpaired) electrons. The number of hydrogen-bond donors (Lipinski definition) is 2. The number of carbonyl (C=O) groups excluding carboxylic acids is 3. The molecule has 1 rings (SSSR count). The van der Waals surface area contributed by atoms with Gasteiger partial charge in [-0.05, 0) is 33.3 Å². The number of aromatic nitrogens is 1. The smallest absolute Gasteiger partial charge is 0.355 e. The van der Waals surface area contributed by atoms with Crippen LogP contribution in [-0.2, 0) is 9.53 Å². The van der Waals surface area contributed by atoms with Gasteiger partial charge in [0.25, 0.3) is 0 Å². The van der Waals surface area contributed by atoms with Gasteiger partial charge in [-0.2, -0.15) is 5.26 Å². The molecule has 7 heteroatoms. The largest absolute Gasteiger partial charge is 0.453 e. The zero-order valence-corrected chi connectivity index (χ0v) is 12.9. The van der Waals surface area contributed by atoms with E-state index in [0.29, 0.717) is 16.8 Å². The van der Waals surface area contributed by atoms with E-state index in [0.717, 1.165) is 0 Å². The van der Waals surface area contributed by atoms with Crippen molar-refractivity contribution >= 4 is 23.2 Å². The van der Waals surface area contributed by atoms with Crippen LogP contribution >= 0.6 is 0 Å². The fourth-order valence-corrected chi connectivity index (χ4v) is 2.18. The van der Waals surface area contributed by atoms with Crippen molar-refractivity contribution in [2.24, 2.45) is 5.92 Å². The van der Waals surface area contributed by atoms with Crippen LogP contribution in [0.5, 0.6) is 0 Å². The first-order valence-electron chi connectivity index (χ1n) is 6.55. The molecule has 0 saturated carbocycles. The molecule has 1 aromatic rings. The number of H-pyrrole nitrogens is 1. The Morgan fingerprint density at radius 1 is 1.32 bits per heavy atom. The van der Waals surface area contributed by atoms with E-state index in [1.54, 1.807) is 19.9 Å². The lowest BCUT2D eigenvalue weighted by molar-refractivity contribution is -0.122. The molecule has 1 atom stereocenters. The SMILES string of the molecule is CC(=N)[C@@H](C#N)C(=O)COC(=O)c1[nH]c(C)c(C(C)=O)c1C. The standard InChI is InChI=1S/C15H17N3O4/c1-7-13(10(4)19)9(3)18-14(7)15(21)22-6-12(20)11(5-16)8(2)17/h11,17-18H,6H2,1-4H3/t11-/m1/s1. The normalized spacial score (nSPS) is 11.4. The van der Waals surface area contributed by atoms with Gasteiger partial charge in [0.05, 0.1) is 6.07 Å². The molecule has 0 unspecified atom stereocenters. The average molecular weight is 303 g/mol. The van der Waals surface area contributed by atoms with Gasteiger partial charge in [-0.25, -0.2) is 4.79 Å². The van der Waals surface area contributed by atoms with Crippen LogP contribution in [0.3, 0.4) is 0 Å². The van der Waals surface area contributed by atoms with Crippen LogP contribution in [0, 0.1) is 36.5 Å². The van der Waals surface area contributed by atoms with Crippen LogP contribution in [0.15, 0.2) is 0 Å². The molecule has 2 N–H and O–H groups in total.